The summed E-state index contributed by atoms with van der Waals surface area (Å²) >= 11 is 5.99. The summed E-state index contributed by atoms with van der Waals surface area (Å²) in [5.74, 6) is 0.830. The molecule has 0 bridgehead atoms. The third-order valence-corrected chi connectivity index (χ3v) is 5.43. The first-order chi connectivity index (χ1) is 14.5. The van der Waals surface area contributed by atoms with Crippen molar-refractivity contribution in [2.45, 2.75) is 19.3 Å². The molecule has 0 unspecified atom stereocenters. The minimum absolute atomic E-state index is 0.135. The zero-order chi connectivity index (χ0) is 21.3. The number of hydrogen-bond donors (Lipinski definition) is 1. The van der Waals surface area contributed by atoms with Crippen LogP contribution in [-0.2, 0) is 16.0 Å². The van der Waals surface area contributed by atoms with Gasteiger partial charge in [-0.05, 0) is 42.7 Å². The zero-order valence-electron chi connectivity index (χ0n) is 17.1. The van der Waals surface area contributed by atoms with Gasteiger partial charge in [0.25, 0.3) is 0 Å². The lowest BCUT2D eigenvalue weighted by Crippen LogP contribution is -2.38. The standard InChI is InChI=1S/C22H27ClN4O3/c1-30-18-8-5-17(6-9-18)7-10-21(29)27-13-3-12-26(14-15-27)16-20(28)25-19-4-2-11-24-22(19)23/h2,4-6,8-9,11H,3,7,10,12-16H2,1H3,(H,25,28). The van der Waals surface area contributed by atoms with E-state index in [-0.39, 0.29) is 23.5 Å². The second-order valence-electron chi connectivity index (χ2n) is 7.25. The molecule has 0 aliphatic carbocycles. The topological polar surface area (TPSA) is 74.8 Å². The van der Waals surface area contributed by atoms with Gasteiger partial charge in [-0.15, -0.1) is 0 Å². The maximum Gasteiger partial charge on any atom is 0.238 e. The van der Waals surface area contributed by atoms with Gasteiger partial charge in [0, 0.05) is 38.8 Å². The van der Waals surface area contributed by atoms with Gasteiger partial charge >= 0.3 is 0 Å². The van der Waals surface area contributed by atoms with E-state index < -0.39 is 0 Å². The molecule has 30 heavy (non-hydrogen) atoms. The normalized spacial score (nSPS) is 14.8. The van der Waals surface area contributed by atoms with E-state index in [0.29, 0.717) is 38.2 Å². The Morgan fingerprint density at radius 1 is 1.13 bits per heavy atom. The molecule has 2 amide bonds. The number of methoxy groups -OCH3 is 1. The summed E-state index contributed by atoms with van der Waals surface area (Å²) in [5, 5.41) is 3.07. The fraction of sp³-hybridized carbons (Fsp3) is 0.409. The minimum atomic E-state index is -0.135. The van der Waals surface area contributed by atoms with E-state index in [2.05, 4.69) is 15.2 Å². The summed E-state index contributed by atoms with van der Waals surface area (Å²) < 4.78 is 5.16. The van der Waals surface area contributed by atoms with E-state index in [1.165, 1.54) is 0 Å². The van der Waals surface area contributed by atoms with Crippen LogP contribution in [0.3, 0.4) is 0 Å². The maximum atomic E-state index is 12.6. The fourth-order valence-electron chi connectivity index (χ4n) is 3.45. The number of nitrogens with zero attached hydrogens (tertiary/aromatic N) is 3. The first kappa shape index (κ1) is 22.1. The molecule has 2 aromatic rings. The second kappa shape index (κ2) is 10.9. The van der Waals surface area contributed by atoms with Crippen LogP contribution >= 0.6 is 11.6 Å². The lowest BCUT2D eigenvalue weighted by molar-refractivity contribution is -0.131. The van der Waals surface area contributed by atoms with Crippen LogP contribution in [0.25, 0.3) is 0 Å². The molecule has 3 rings (SSSR count). The van der Waals surface area contributed by atoms with Crippen LogP contribution in [0.5, 0.6) is 5.75 Å². The van der Waals surface area contributed by atoms with Crippen LogP contribution in [0.4, 0.5) is 5.69 Å². The highest BCUT2D eigenvalue weighted by atomic mass is 35.5. The number of halogens is 1. The molecule has 8 heteroatoms. The van der Waals surface area contributed by atoms with Gasteiger partial charge in [0.2, 0.25) is 11.8 Å². The number of aryl methyl sites for hydroxylation is 1. The third kappa shape index (κ3) is 6.43. The number of nitrogens with one attached hydrogen (secondary N) is 1. The summed E-state index contributed by atoms with van der Waals surface area (Å²) in [6.45, 7) is 3.05. The van der Waals surface area contributed by atoms with Crippen LogP contribution in [0.2, 0.25) is 5.15 Å². The van der Waals surface area contributed by atoms with Gasteiger partial charge in [0.05, 0.1) is 19.3 Å². The average molecular weight is 431 g/mol. The zero-order valence-corrected chi connectivity index (χ0v) is 17.9. The number of benzene rings is 1. The molecule has 0 saturated carbocycles. The number of carbonyl (C=O) groups excluding carboxylic acids is 2. The summed E-state index contributed by atoms with van der Waals surface area (Å²) in [6.07, 6.45) is 3.60. The Labute approximate surface area is 182 Å². The van der Waals surface area contributed by atoms with Crippen LogP contribution in [0.1, 0.15) is 18.4 Å². The molecule has 160 valence electrons. The molecule has 0 atom stereocenters. The first-order valence-corrected chi connectivity index (χ1v) is 10.5. The van der Waals surface area contributed by atoms with E-state index in [9.17, 15) is 9.59 Å². The molecule has 7 nitrogen and oxygen atoms in total. The van der Waals surface area contributed by atoms with Crippen LogP contribution in [0.15, 0.2) is 42.6 Å². The van der Waals surface area contributed by atoms with Crippen molar-refractivity contribution in [3.05, 3.63) is 53.3 Å². The number of anilines is 1. The Morgan fingerprint density at radius 3 is 2.67 bits per heavy atom. The van der Waals surface area contributed by atoms with Gasteiger partial charge in [0.15, 0.2) is 5.15 Å². The quantitative estimate of drug-likeness (QED) is 0.683. The molecule has 0 spiro atoms. The van der Waals surface area contributed by atoms with E-state index >= 15 is 0 Å². The Balaban J connectivity index is 1.43. The molecule has 0 radical (unpaired) electrons. The number of ether oxygens (including phenoxy) is 1. The molecule has 1 fully saturated rings. The number of aromatic nitrogens is 1. The average Bonchev–Trinajstić information content (AvgIpc) is 2.99. The van der Waals surface area contributed by atoms with Gasteiger partial charge in [-0.25, -0.2) is 4.98 Å². The summed E-state index contributed by atoms with van der Waals surface area (Å²) in [4.78, 5) is 32.9. The number of amides is 2. The van der Waals surface area contributed by atoms with Gasteiger partial charge in [-0.3, -0.25) is 14.5 Å². The maximum absolute atomic E-state index is 12.6. The Morgan fingerprint density at radius 2 is 1.93 bits per heavy atom. The molecule has 1 aromatic carbocycles. The monoisotopic (exact) mass is 430 g/mol. The highest BCUT2D eigenvalue weighted by molar-refractivity contribution is 6.32. The smallest absolute Gasteiger partial charge is 0.238 e. The van der Waals surface area contributed by atoms with E-state index in [1.54, 1.807) is 25.4 Å². The molecule has 2 heterocycles. The summed E-state index contributed by atoms with van der Waals surface area (Å²) in [6, 6.07) is 11.2. The number of rotatable bonds is 7. The molecule has 1 aromatic heterocycles. The largest absolute Gasteiger partial charge is 0.497 e. The van der Waals surface area contributed by atoms with Gasteiger partial charge < -0.3 is 15.0 Å². The molecule has 1 saturated heterocycles. The minimum Gasteiger partial charge on any atom is -0.497 e. The van der Waals surface area contributed by atoms with Crippen molar-refractivity contribution >= 4 is 29.1 Å². The third-order valence-electron chi connectivity index (χ3n) is 5.13. The van der Waals surface area contributed by atoms with Gasteiger partial charge in [0.1, 0.15) is 5.75 Å². The Kier molecular flexibility index (Phi) is 8.04. The molecular formula is C22H27ClN4O3. The van der Waals surface area contributed by atoms with E-state index in [1.807, 2.05) is 29.2 Å². The molecular weight excluding hydrogens is 404 g/mol. The van der Waals surface area contributed by atoms with Crippen molar-refractivity contribution in [3.63, 3.8) is 0 Å². The van der Waals surface area contributed by atoms with Crippen LogP contribution < -0.4 is 10.1 Å². The summed E-state index contributed by atoms with van der Waals surface area (Å²) in [7, 11) is 1.64. The molecule has 1 N–H and O–H groups in total. The van der Waals surface area contributed by atoms with Gasteiger partial charge in [-0.2, -0.15) is 0 Å². The van der Waals surface area contributed by atoms with Crippen molar-refractivity contribution in [2.75, 3.05) is 45.2 Å². The Hall–Kier alpha value is -2.64. The molecule has 1 aliphatic heterocycles. The Bertz CT molecular complexity index is 860. The fourth-order valence-corrected chi connectivity index (χ4v) is 3.62. The van der Waals surface area contributed by atoms with Crippen molar-refractivity contribution in [1.82, 2.24) is 14.8 Å². The van der Waals surface area contributed by atoms with Gasteiger partial charge in [-0.1, -0.05) is 23.7 Å². The number of pyridine rings is 1. The van der Waals surface area contributed by atoms with E-state index in [0.717, 1.165) is 24.3 Å². The van der Waals surface area contributed by atoms with Crippen molar-refractivity contribution < 1.29 is 14.3 Å². The highest BCUT2D eigenvalue weighted by Gasteiger charge is 2.20. The lowest BCUT2D eigenvalue weighted by atomic mass is 10.1. The number of hydrogen-bond acceptors (Lipinski definition) is 5. The SMILES string of the molecule is COc1ccc(CCC(=O)N2CCCN(CC(=O)Nc3cccnc3Cl)CC2)cc1. The molecule has 1 aliphatic rings. The highest BCUT2D eigenvalue weighted by Crippen LogP contribution is 2.17. The predicted octanol–water partition coefficient (Wildman–Crippen LogP) is 2.85. The van der Waals surface area contributed by atoms with Crippen molar-refractivity contribution in [3.8, 4) is 5.75 Å². The van der Waals surface area contributed by atoms with Crippen LogP contribution in [0, 0.1) is 0 Å². The second-order valence-corrected chi connectivity index (χ2v) is 7.61. The first-order valence-electron chi connectivity index (χ1n) is 10.1. The predicted molar refractivity (Wildman–Crippen MR) is 117 cm³/mol. The van der Waals surface area contributed by atoms with Crippen molar-refractivity contribution in [1.29, 1.82) is 0 Å². The van der Waals surface area contributed by atoms with E-state index in [4.69, 9.17) is 16.3 Å². The number of carbonyl (C=O) groups is 2. The van der Waals surface area contributed by atoms with Crippen molar-refractivity contribution in [2.24, 2.45) is 0 Å². The van der Waals surface area contributed by atoms with Crippen LogP contribution in [-0.4, -0.2) is 66.4 Å². The lowest BCUT2D eigenvalue weighted by Gasteiger charge is -2.22. The summed E-state index contributed by atoms with van der Waals surface area (Å²) in [5.41, 5.74) is 1.63.